The Kier molecular flexibility index (Phi) is 4.99. The van der Waals surface area contributed by atoms with Gasteiger partial charge >= 0.3 is 0 Å². The first-order chi connectivity index (χ1) is 12.3. The van der Waals surface area contributed by atoms with Crippen molar-refractivity contribution in [3.8, 4) is 5.75 Å². The molecule has 1 amide bonds. The minimum Gasteiger partial charge on any atom is -0.497 e. The van der Waals surface area contributed by atoms with E-state index < -0.39 is 10.0 Å². The second kappa shape index (κ2) is 7.06. The van der Waals surface area contributed by atoms with Gasteiger partial charge in [0.2, 0.25) is 10.0 Å². The van der Waals surface area contributed by atoms with Crippen LogP contribution in [0.1, 0.15) is 21.8 Å². The minimum atomic E-state index is -3.78. The summed E-state index contributed by atoms with van der Waals surface area (Å²) < 4.78 is 27.9. The quantitative estimate of drug-likeness (QED) is 0.824. The van der Waals surface area contributed by atoms with Crippen molar-refractivity contribution in [1.29, 1.82) is 0 Å². The summed E-state index contributed by atoms with van der Waals surface area (Å²) >= 11 is 0. The lowest BCUT2D eigenvalue weighted by Gasteiger charge is -2.17. The Morgan fingerprint density at radius 1 is 1.15 bits per heavy atom. The van der Waals surface area contributed by atoms with Crippen LogP contribution in [-0.2, 0) is 10.0 Å². The molecule has 0 radical (unpaired) electrons. The van der Waals surface area contributed by atoms with E-state index in [-0.39, 0.29) is 22.8 Å². The fourth-order valence-corrected chi connectivity index (χ4v) is 3.70. The predicted molar refractivity (Wildman–Crippen MR) is 97.4 cm³/mol. The van der Waals surface area contributed by atoms with E-state index in [0.717, 1.165) is 11.3 Å². The lowest BCUT2D eigenvalue weighted by atomic mass is 9.95. The van der Waals surface area contributed by atoms with Crippen molar-refractivity contribution in [1.82, 2.24) is 4.90 Å². The second-order valence-corrected chi connectivity index (χ2v) is 7.89. The van der Waals surface area contributed by atoms with Gasteiger partial charge in [0.15, 0.2) is 0 Å². The molecule has 2 atom stereocenters. The SMILES string of the molecule is COc1cccc([C@H]2CN(C(=O)c3ccc(S(N)(=O)=O)cc3)C[C@@H]2N)c1. The Hall–Kier alpha value is -2.42. The molecule has 1 aliphatic heterocycles. The van der Waals surface area contributed by atoms with Crippen LogP contribution in [0.4, 0.5) is 0 Å². The summed E-state index contributed by atoms with van der Waals surface area (Å²) in [5.41, 5.74) is 7.68. The summed E-state index contributed by atoms with van der Waals surface area (Å²) in [6.45, 7) is 0.918. The molecule has 2 aromatic carbocycles. The summed E-state index contributed by atoms with van der Waals surface area (Å²) in [5, 5.41) is 5.08. The van der Waals surface area contributed by atoms with Crippen molar-refractivity contribution in [2.45, 2.75) is 16.9 Å². The number of sulfonamides is 1. The first kappa shape index (κ1) is 18.4. The number of carbonyl (C=O) groups excluding carboxylic acids is 1. The van der Waals surface area contributed by atoms with Gasteiger partial charge in [-0.25, -0.2) is 13.6 Å². The maximum atomic E-state index is 12.7. The van der Waals surface area contributed by atoms with Gasteiger partial charge in [0.25, 0.3) is 5.91 Å². The fraction of sp³-hybridized carbons (Fsp3) is 0.278. The molecule has 0 unspecified atom stereocenters. The Balaban J connectivity index is 1.77. The highest BCUT2D eigenvalue weighted by molar-refractivity contribution is 7.89. The molecule has 1 heterocycles. The number of hydrogen-bond acceptors (Lipinski definition) is 5. The lowest BCUT2D eigenvalue weighted by molar-refractivity contribution is 0.0789. The molecule has 1 aliphatic rings. The maximum absolute atomic E-state index is 12.7. The molecule has 0 saturated carbocycles. The van der Waals surface area contributed by atoms with E-state index in [1.165, 1.54) is 24.3 Å². The normalized spacial score (nSPS) is 20.2. The van der Waals surface area contributed by atoms with Crippen molar-refractivity contribution >= 4 is 15.9 Å². The zero-order valence-corrected chi connectivity index (χ0v) is 15.1. The van der Waals surface area contributed by atoms with Gasteiger partial charge in [-0.15, -0.1) is 0 Å². The monoisotopic (exact) mass is 375 g/mol. The van der Waals surface area contributed by atoms with Gasteiger partial charge in [-0.1, -0.05) is 12.1 Å². The number of primary sulfonamides is 1. The van der Waals surface area contributed by atoms with Crippen LogP contribution in [0.25, 0.3) is 0 Å². The van der Waals surface area contributed by atoms with Crippen LogP contribution in [0.3, 0.4) is 0 Å². The zero-order valence-electron chi connectivity index (χ0n) is 14.3. The Morgan fingerprint density at radius 3 is 2.46 bits per heavy atom. The van der Waals surface area contributed by atoms with E-state index in [9.17, 15) is 13.2 Å². The number of nitrogens with two attached hydrogens (primary N) is 2. The molecule has 7 nitrogen and oxygen atoms in total. The largest absolute Gasteiger partial charge is 0.497 e. The van der Waals surface area contributed by atoms with Crippen LogP contribution in [0.15, 0.2) is 53.4 Å². The second-order valence-electron chi connectivity index (χ2n) is 6.33. The molecule has 0 aliphatic carbocycles. The third-order valence-corrected chi connectivity index (χ3v) is 5.53. The van der Waals surface area contributed by atoms with Gasteiger partial charge in [-0.2, -0.15) is 0 Å². The number of hydrogen-bond donors (Lipinski definition) is 2. The van der Waals surface area contributed by atoms with E-state index in [4.69, 9.17) is 15.6 Å². The van der Waals surface area contributed by atoms with E-state index in [1.54, 1.807) is 12.0 Å². The smallest absolute Gasteiger partial charge is 0.253 e. The summed E-state index contributed by atoms with van der Waals surface area (Å²) in [6, 6.07) is 13.1. The lowest BCUT2D eigenvalue weighted by Crippen LogP contribution is -2.32. The Labute approximate surface area is 152 Å². The first-order valence-electron chi connectivity index (χ1n) is 8.11. The van der Waals surface area contributed by atoms with Crippen molar-refractivity contribution in [3.05, 3.63) is 59.7 Å². The van der Waals surface area contributed by atoms with Gasteiger partial charge in [-0.05, 0) is 42.0 Å². The molecule has 0 spiro atoms. The molecule has 0 aromatic heterocycles. The summed E-state index contributed by atoms with van der Waals surface area (Å²) in [4.78, 5) is 14.4. The Morgan fingerprint density at radius 2 is 1.85 bits per heavy atom. The van der Waals surface area contributed by atoms with E-state index in [1.807, 2.05) is 24.3 Å². The topological polar surface area (TPSA) is 116 Å². The predicted octanol–water partition coefficient (Wildman–Crippen LogP) is 0.910. The summed E-state index contributed by atoms with van der Waals surface area (Å²) in [6.07, 6.45) is 0. The molecular formula is C18H21N3O4S. The van der Waals surface area contributed by atoms with Crippen molar-refractivity contribution in [3.63, 3.8) is 0 Å². The number of carbonyl (C=O) groups is 1. The molecule has 4 N–H and O–H groups in total. The molecule has 8 heteroatoms. The average molecular weight is 375 g/mol. The van der Waals surface area contributed by atoms with Gasteiger partial charge < -0.3 is 15.4 Å². The maximum Gasteiger partial charge on any atom is 0.253 e. The van der Waals surface area contributed by atoms with Crippen LogP contribution in [0, 0.1) is 0 Å². The van der Waals surface area contributed by atoms with E-state index >= 15 is 0 Å². The number of nitrogens with zero attached hydrogens (tertiary/aromatic N) is 1. The Bertz CT molecular complexity index is 912. The van der Waals surface area contributed by atoms with E-state index in [0.29, 0.717) is 18.7 Å². The standard InChI is InChI=1S/C18H21N3O4S/c1-25-14-4-2-3-13(9-14)16-10-21(11-17(16)19)18(22)12-5-7-15(8-6-12)26(20,23)24/h2-9,16-17H,10-11,19H2,1H3,(H2,20,23,24)/t16-,17+/m1/s1. The molecule has 1 saturated heterocycles. The highest BCUT2D eigenvalue weighted by Crippen LogP contribution is 2.29. The number of methoxy groups -OCH3 is 1. The average Bonchev–Trinajstić information content (AvgIpc) is 3.02. The van der Waals surface area contributed by atoms with Gasteiger partial charge in [0.05, 0.1) is 12.0 Å². The number of rotatable bonds is 4. The third-order valence-electron chi connectivity index (χ3n) is 4.60. The van der Waals surface area contributed by atoms with Crippen molar-refractivity contribution in [2.75, 3.05) is 20.2 Å². The van der Waals surface area contributed by atoms with Gasteiger partial charge in [0.1, 0.15) is 5.75 Å². The molecule has 138 valence electrons. The fourth-order valence-electron chi connectivity index (χ4n) is 3.19. The van der Waals surface area contributed by atoms with E-state index in [2.05, 4.69) is 0 Å². The summed E-state index contributed by atoms with van der Waals surface area (Å²) in [5.74, 6) is 0.572. The molecular weight excluding hydrogens is 354 g/mol. The number of likely N-dealkylation sites (tertiary alicyclic amines) is 1. The van der Waals surface area contributed by atoms with Gasteiger partial charge in [0, 0.05) is 30.6 Å². The molecule has 26 heavy (non-hydrogen) atoms. The van der Waals surface area contributed by atoms with Crippen LogP contribution in [-0.4, -0.2) is 45.5 Å². The summed E-state index contributed by atoms with van der Waals surface area (Å²) in [7, 11) is -2.18. The molecule has 0 bridgehead atoms. The molecule has 1 fully saturated rings. The number of ether oxygens (including phenoxy) is 1. The molecule has 2 aromatic rings. The van der Waals surface area contributed by atoms with Crippen LogP contribution < -0.4 is 15.6 Å². The first-order valence-corrected chi connectivity index (χ1v) is 9.66. The number of benzene rings is 2. The highest BCUT2D eigenvalue weighted by Gasteiger charge is 2.34. The van der Waals surface area contributed by atoms with Crippen molar-refractivity contribution < 1.29 is 17.9 Å². The van der Waals surface area contributed by atoms with Crippen molar-refractivity contribution in [2.24, 2.45) is 10.9 Å². The third kappa shape index (κ3) is 3.72. The van der Waals surface area contributed by atoms with Gasteiger partial charge in [-0.3, -0.25) is 4.79 Å². The zero-order chi connectivity index (χ0) is 18.9. The number of amides is 1. The molecule has 3 rings (SSSR count). The minimum absolute atomic E-state index is 0.0118. The highest BCUT2D eigenvalue weighted by atomic mass is 32.2. The van der Waals surface area contributed by atoms with Crippen LogP contribution >= 0.6 is 0 Å². The van der Waals surface area contributed by atoms with Crippen LogP contribution in [0.5, 0.6) is 5.75 Å². The van der Waals surface area contributed by atoms with Crippen LogP contribution in [0.2, 0.25) is 0 Å².